The topological polar surface area (TPSA) is 62.3 Å². The Bertz CT molecular complexity index is 1120. The van der Waals surface area contributed by atoms with Crippen LogP contribution >= 0.6 is 22.9 Å². The van der Waals surface area contributed by atoms with Crippen LogP contribution in [0.1, 0.15) is 44.8 Å². The molecule has 1 fully saturated rings. The van der Waals surface area contributed by atoms with Gasteiger partial charge in [-0.05, 0) is 50.5 Å². The number of nitrogens with zero attached hydrogens (tertiary/aromatic N) is 2. The van der Waals surface area contributed by atoms with Crippen molar-refractivity contribution >= 4 is 40.4 Å². The molecular weight excluding hydrogens is 418 g/mol. The van der Waals surface area contributed by atoms with Gasteiger partial charge in [0, 0.05) is 29.1 Å². The predicted octanol–water partition coefficient (Wildman–Crippen LogP) is 5.57. The highest BCUT2D eigenvalue weighted by Gasteiger charge is 2.23. The SMILES string of the molecule is Cc1ccc(-c2nc(C(=O)Nc3cc(Cl)ccc3C(=O)N3CCCC3)cs2)c(C)c1. The fourth-order valence-electron chi connectivity index (χ4n) is 3.64. The zero-order valence-corrected chi connectivity index (χ0v) is 18.4. The number of anilines is 1. The van der Waals surface area contributed by atoms with E-state index in [0.717, 1.165) is 42.1 Å². The van der Waals surface area contributed by atoms with E-state index >= 15 is 0 Å². The molecule has 2 amide bonds. The Labute approximate surface area is 184 Å². The van der Waals surface area contributed by atoms with Crippen molar-refractivity contribution in [2.75, 3.05) is 18.4 Å². The lowest BCUT2D eigenvalue weighted by molar-refractivity contribution is 0.0794. The van der Waals surface area contributed by atoms with Crippen molar-refractivity contribution in [2.24, 2.45) is 0 Å². The summed E-state index contributed by atoms with van der Waals surface area (Å²) in [6, 6.07) is 11.1. The molecule has 7 heteroatoms. The van der Waals surface area contributed by atoms with Crippen LogP contribution in [0, 0.1) is 13.8 Å². The van der Waals surface area contributed by atoms with Crippen LogP contribution in [0.15, 0.2) is 41.8 Å². The fourth-order valence-corrected chi connectivity index (χ4v) is 4.70. The highest BCUT2D eigenvalue weighted by atomic mass is 35.5. The Morgan fingerprint density at radius 1 is 1.10 bits per heavy atom. The number of rotatable bonds is 4. The van der Waals surface area contributed by atoms with Crippen molar-refractivity contribution < 1.29 is 9.59 Å². The van der Waals surface area contributed by atoms with E-state index in [0.29, 0.717) is 22.0 Å². The summed E-state index contributed by atoms with van der Waals surface area (Å²) in [6.45, 7) is 5.55. The summed E-state index contributed by atoms with van der Waals surface area (Å²) in [6.07, 6.45) is 2.00. The van der Waals surface area contributed by atoms with Crippen LogP contribution in [-0.2, 0) is 0 Å². The molecule has 1 aliphatic rings. The minimum atomic E-state index is -0.361. The Morgan fingerprint density at radius 3 is 2.60 bits per heavy atom. The van der Waals surface area contributed by atoms with Crippen molar-refractivity contribution in [1.82, 2.24) is 9.88 Å². The molecule has 1 N–H and O–H groups in total. The molecule has 4 rings (SSSR count). The molecule has 0 saturated carbocycles. The number of aromatic nitrogens is 1. The van der Waals surface area contributed by atoms with E-state index in [1.807, 2.05) is 26.0 Å². The van der Waals surface area contributed by atoms with Crippen LogP contribution in [0.2, 0.25) is 5.02 Å². The van der Waals surface area contributed by atoms with Gasteiger partial charge in [0.05, 0.1) is 11.3 Å². The van der Waals surface area contributed by atoms with Gasteiger partial charge in [-0.1, -0.05) is 35.4 Å². The minimum absolute atomic E-state index is 0.0892. The van der Waals surface area contributed by atoms with Gasteiger partial charge in [0.1, 0.15) is 10.7 Å². The highest BCUT2D eigenvalue weighted by Crippen LogP contribution is 2.29. The first-order chi connectivity index (χ1) is 14.4. The third-order valence-corrected chi connectivity index (χ3v) is 6.31. The number of likely N-dealkylation sites (tertiary alicyclic amines) is 1. The number of carbonyl (C=O) groups excluding carboxylic acids is 2. The Kier molecular flexibility index (Phi) is 5.88. The summed E-state index contributed by atoms with van der Waals surface area (Å²) in [5.74, 6) is -0.450. The van der Waals surface area contributed by atoms with E-state index in [1.165, 1.54) is 16.9 Å². The van der Waals surface area contributed by atoms with Gasteiger partial charge in [-0.2, -0.15) is 0 Å². The summed E-state index contributed by atoms with van der Waals surface area (Å²) in [5.41, 5.74) is 4.48. The Morgan fingerprint density at radius 2 is 1.87 bits per heavy atom. The second-order valence-electron chi connectivity index (χ2n) is 7.50. The van der Waals surface area contributed by atoms with Crippen molar-refractivity contribution in [3.63, 3.8) is 0 Å². The summed E-state index contributed by atoms with van der Waals surface area (Å²) in [4.78, 5) is 32.1. The van der Waals surface area contributed by atoms with Crippen molar-refractivity contribution in [3.8, 4) is 10.6 Å². The predicted molar refractivity (Wildman–Crippen MR) is 122 cm³/mol. The summed E-state index contributed by atoms with van der Waals surface area (Å²) in [5, 5.41) is 5.81. The summed E-state index contributed by atoms with van der Waals surface area (Å²) in [7, 11) is 0. The van der Waals surface area contributed by atoms with Crippen molar-refractivity contribution in [1.29, 1.82) is 0 Å². The summed E-state index contributed by atoms with van der Waals surface area (Å²) >= 11 is 7.56. The van der Waals surface area contributed by atoms with Gasteiger partial charge in [-0.25, -0.2) is 4.98 Å². The zero-order valence-electron chi connectivity index (χ0n) is 16.9. The molecule has 154 valence electrons. The Hall–Kier alpha value is -2.70. The molecule has 30 heavy (non-hydrogen) atoms. The number of carbonyl (C=O) groups is 2. The monoisotopic (exact) mass is 439 g/mol. The average Bonchev–Trinajstić information content (AvgIpc) is 3.40. The van der Waals surface area contributed by atoms with Gasteiger partial charge < -0.3 is 10.2 Å². The molecule has 0 aliphatic carbocycles. The van der Waals surface area contributed by atoms with Crippen LogP contribution in [0.25, 0.3) is 10.6 Å². The van der Waals surface area contributed by atoms with Crippen molar-refractivity contribution in [2.45, 2.75) is 26.7 Å². The average molecular weight is 440 g/mol. The third-order valence-electron chi connectivity index (χ3n) is 5.20. The first kappa shape index (κ1) is 20.6. The largest absolute Gasteiger partial charge is 0.339 e. The first-order valence-corrected chi connectivity index (χ1v) is 11.1. The number of halogens is 1. The second kappa shape index (κ2) is 8.58. The molecule has 2 aromatic carbocycles. The number of aryl methyl sites for hydroxylation is 2. The molecule has 0 radical (unpaired) electrons. The van der Waals surface area contributed by atoms with Crippen LogP contribution in [0.5, 0.6) is 0 Å². The van der Waals surface area contributed by atoms with Crippen LogP contribution < -0.4 is 5.32 Å². The number of hydrogen-bond donors (Lipinski definition) is 1. The van der Waals surface area contributed by atoms with Crippen LogP contribution in [0.4, 0.5) is 5.69 Å². The molecule has 2 heterocycles. The maximum atomic E-state index is 12.9. The van der Waals surface area contributed by atoms with E-state index in [-0.39, 0.29) is 11.8 Å². The number of amides is 2. The number of benzene rings is 2. The lowest BCUT2D eigenvalue weighted by Crippen LogP contribution is -2.28. The van der Waals surface area contributed by atoms with Gasteiger partial charge in [0.15, 0.2) is 0 Å². The molecule has 1 saturated heterocycles. The molecule has 0 spiro atoms. The molecule has 0 bridgehead atoms. The van der Waals surface area contributed by atoms with E-state index in [2.05, 4.69) is 16.4 Å². The first-order valence-electron chi connectivity index (χ1n) is 9.86. The van der Waals surface area contributed by atoms with E-state index in [1.54, 1.807) is 28.5 Å². The minimum Gasteiger partial charge on any atom is -0.339 e. The van der Waals surface area contributed by atoms with Gasteiger partial charge in [0.2, 0.25) is 0 Å². The molecular formula is C23H22ClN3O2S. The molecule has 1 aromatic heterocycles. The number of hydrogen-bond acceptors (Lipinski definition) is 4. The quantitative estimate of drug-likeness (QED) is 0.578. The summed E-state index contributed by atoms with van der Waals surface area (Å²) < 4.78 is 0. The molecule has 0 atom stereocenters. The number of nitrogens with one attached hydrogen (secondary N) is 1. The smallest absolute Gasteiger partial charge is 0.275 e. The molecule has 5 nitrogen and oxygen atoms in total. The van der Waals surface area contributed by atoms with Gasteiger partial charge in [0.25, 0.3) is 11.8 Å². The molecule has 0 unspecified atom stereocenters. The zero-order chi connectivity index (χ0) is 21.3. The van der Waals surface area contributed by atoms with Crippen LogP contribution in [-0.4, -0.2) is 34.8 Å². The van der Waals surface area contributed by atoms with Gasteiger partial charge in [-0.3, -0.25) is 9.59 Å². The lowest BCUT2D eigenvalue weighted by atomic mass is 10.1. The van der Waals surface area contributed by atoms with Crippen molar-refractivity contribution in [3.05, 3.63) is 69.2 Å². The second-order valence-corrected chi connectivity index (χ2v) is 8.79. The van der Waals surface area contributed by atoms with E-state index < -0.39 is 0 Å². The lowest BCUT2D eigenvalue weighted by Gasteiger charge is -2.18. The molecule has 1 aliphatic heterocycles. The normalized spacial score (nSPS) is 13.5. The van der Waals surface area contributed by atoms with E-state index in [4.69, 9.17) is 11.6 Å². The van der Waals surface area contributed by atoms with Crippen LogP contribution in [0.3, 0.4) is 0 Å². The highest BCUT2D eigenvalue weighted by molar-refractivity contribution is 7.13. The fraction of sp³-hybridized carbons (Fsp3) is 0.261. The third kappa shape index (κ3) is 4.25. The maximum Gasteiger partial charge on any atom is 0.275 e. The van der Waals surface area contributed by atoms with Gasteiger partial charge in [-0.15, -0.1) is 11.3 Å². The standard InChI is InChI=1S/C23H22ClN3O2S/c1-14-5-7-17(15(2)11-14)22-26-20(13-30-22)21(28)25-19-12-16(24)6-8-18(19)23(29)27-9-3-4-10-27/h5-8,11-13H,3-4,9-10H2,1-2H3,(H,25,28). The number of thiazole rings is 1. The molecule has 3 aromatic rings. The van der Waals surface area contributed by atoms with Gasteiger partial charge >= 0.3 is 0 Å². The van der Waals surface area contributed by atoms with E-state index in [9.17, 15) is 9.59 Å². The maximum absolute atomic E-state index is 12.9. The Balaban J connectivity index is 1.58.